The summed E-state index contributed by atoms with van der Waals surface area (Å²) in [5, 5.41) is 12.9. The van der Waals surface area contributed by atoms with Crippen molar-refractivity contribution in [1.29, 1.82) is 0 Å². The third-order valence-electron chi connectivity index (χ3n) is 3.20. The standard InChI is InChI=1S/C17H12Cl3N3O2S2/c18-11-3-5-13(6-4-11)25-8-15(24)21-16-22-23-17(27-16)26-9-10-1-2-12(19)7-14(10)20/h1-7H,8-9H2,(H,21,22,24). The molecule has 0 unspecified atom stereocenters. The predicted molar refractivity (Wildman–Crippen MR) is 112 cm³/mol. The van der Waals surface area contributed by atoms with Gasteiger partial charge in [-0.15, -0.1) is 10.2 Å². The first kappa shape index (κ1) is 20.2. The van der Waals surface area contributed by atoms with E-state index >= 15 is 0 Å². The number of rotatable bonds is 7. The molecule has 27 heavy (non-hydrogen) atoms. The molecule has 0 aliphatic carbocycles. The van der Waals surface area contributed by atoms with Crippen molar-refractivity contribution >= 4 is 68.9 Å². The molecule has 5 nitrogen and oxygen atoms in total. The molecule has 0 spiro atoms. The van der Waals surface area contributed by atoms with Crippen LogP contribution >= 0.6 is 57.9 Å². The molecule has 0 aliphatic rings. The third kappa shape index (κ3) is 6.26. The van der Waals surface area contributed by atoms with E-state index in [-0.39, 0.29) is 12.5 Å². The van der Waals surface area contributed by atoms with Gasteiger partial charge in [-0.25, -0.2) is 0 Å². The summed E-state index contributed by atoms with van der Waals surface area (Å²) in [4.78, 5) is 12.0. The van der Waals surface area contributed by atoms with E-state index in [0.717, 1.165) is 9.90 Å². The van der Waals surface area contributed by atoms with Crippen LogP contribution < -0.4 is 10.1 Å². The lowest BCUT2D eigenvalue weighted by Gasteiger charge is -2.05. The summed E-state index contributed by atoms with van der Waals surface area (Å²) in [7, 11) is 0. The molecule has 1 N–H and O–H groups in total. The lowest BCUT2D eigenvalue weighted by atomic mass is 10.2. The highest BCUT2D eigenvalue weighted by molar-refractivity contribution is 8.00. The predicted octanol–water partition coefficient (Wildman–Crippen LogP) is 5.81. The van der Waals surface area contributed by atoms with E-state index in [1.165, 1.54) is 23.1 Å². The largest absolute Gasteiger partial charge is 0.484 e. The fraction of sp³-hybridized carbons (Fsp3) is 0.118. The molecule has 0 saturated heterocycles. The van der Waals surface area contributed by atoms with Gasteiger partial charge in [-0.2, -0.15) is 0 Å². The summed E-state index contributed by atoms with van der Waals surface area (Å²) in [5.74, 6) is 0.861. The van der Waals surface area contributed by atoms with E-state index in [0.29, 0.717) is 31.7 Å². The Morgan fingerprint density at radius 2 is 1.81 bits per heavy atom. The lowest BCUT2D eigenvalue weighted by molar-refractivity contribution is -0.118. The molecule has 0 saturated carbocycles. The van der Waals surface area contributed by atoms with Gasteiger partial charge in [0.1, 0.15) is 5.75 Å². The Kier molecular flexibility index (Phi) is 7.20. The van der Waals surface area contributed by atoms with Gasteiger partial charge in [0.15, 0.2) is 10.9 Å². The Bertz CT molecular complexity index is 935. The van der Waals surface area contributed by atoms with Gasteiger partial charge in [0, 0.05) is 20.8 Å². The monoisotopic (exact) mass is 459 g/mol. The number of amides is 1. The number of nitrogens with zero attached hydrogens (tertiary/aromatic N) is 2. The van der Waals surface area contributed by atoms with E-state index in [9.17, 15) is 4.79 Å². The molecule has 0 aliphatic heterocycles. The normalized spacial score (nSPS) is 10.6. The Hall–Kier alpha value is -1.51. The molecule has 2 aromatic carbocycles. The average molecular weight is 461 g/mol. The zero-order valence-electron chi connectivity index (χ0n) is 13.6. The van der Waals surface area contributed by atoms with Crippen molar-refractivity contribution in [3.05, 3.63) is 63.1 Å². The molecule has 1 aromatic heterocycles. The van der Waals surface area contributed by atoms with Crippen LogP contribution in [0.2, 0.25) is 15.1 Å². The van der Waals surface area contributed by atoms with Crippen molar-refractivity contribution in [3.63, 3.8) is 0 Å². The number of halogens is 3. The molecule has 3 aromatic rings. The van der Waals surface area contributed by atoms with Gasteiger partial charge < -0.3 is 4.74 Å². The van der Waals surface area contributed by atoms with E-state index in [1.54, 1.807) is 36.4 Å². The minimum Gasteiger partial charge on any atom is -0.484 e. The molecule has 1 heterocycles. The topological polar surface area (TPSA) is 64.1 Å². The molecule has 0 bridgehead atoms. The molecule has 3 rings (SSSR count). The average Bonchev–Trinajstić information content (AvgIpc) is 3.08. The number of aromatic nitrogens is 2. The summed E-state index contributed by atoms with van der Waals surface area (Å²) in [6.45, 7) is -0.135. The number of carbonyl (C=O) groups is 1. The second-order valence-corrected chi connectivity index (χ2v) is 8.67. The van der Waals surface area contributed by atoms with Gasteiger partial charge in [-0.3, -0.25) is 10.1 Å². The maximum absolute atomic E-state index is 12.0. The maximum atomic E-state index is 12.0. The number of ether oxygens (including phenoxy) is 1. The number of hydrogen-bond acceptors (Lipinski definition) is 6. The van der Waals surface area contributed by atoms with E-state index < -0.39 is 0 Å². The van der Waals surface area contributed by atoms with Crippen LogP contribution in [0.3, 0.4) is 0 Å². The zero-order valence-corrected chi connectivity index (χ0v) is 17.5. The molecule has 1 amide bonds. The number of nitrogens with one attached hydrogen (secondary N) is 1. The SMILES string of the molecule is O=C(COc1ccc(Cl)cc1)Nc1nnc(SCc2ccc(Cl)cc2Cl)s1. The first-order valence-electron chi connectivity index (χ1n) is 7.58. The fourth-order valence-corrected chi connectivity index (χ4v) is 4.38. The fourth-order valence-electron chi connectivity index (χ4n) is 1.93. The number of hydrogen-bond donors (Lipinski definition) is 1. The molecule has 0 radical (unpaired) electrons. The first-order valence-corrected chi connectivity index (χ1v) is 10.5. The van der Waals surface area contributed by atoms with Crippen molar-refractivity contribution in [3.8, 4) is 5.75 Å². The molecule has 140 valence electrons. The van der Waals surface area contributed by atoms with Crippen molar-refractivity contribution in [2.24, 2.45) is 0 Å². The molecular weight excluding hydrogens is 449 g/mol. The summed E-state index contributed by atoms with van der Waals surface area (Å²) in [6.07, 6.45) is 0. The number of benzene rings is 2. The highest BCUT2D eigenvalue weighted by Crippen LogP contribution is 2.31. The van der Waals surface area contributed by atoms with Crippen LogP contribution in [0.4, 0.5) is 5.13 Å². The smallest absolute Gasteiger partial charge is 0.264 e. The van der Waals surface area contributed by atoms with Gasteiger partial charge in [-0.1, -0.05) is 64.0 Å². The van der Waals surface area contributed by atoms with Crippen LogP contribution in [-0.4, -0.2) is 22.7 Å². The number of carbonyl (C=O) groups excluding carboxylic acids is 1. The van der Waals surface area contributed by atoms with Gasteiger partial charge in [0.2, 0.25) is 5.13 Å². The van der Waals surface area contributed by atoms with Crippen LogP contribution in [0.5, 0.6) is 5.75 Å². The molecule has 0 fully saturated rings. The van der Waals surface area contributed by atoms with Crippen molar-refractivity contribution in [1.82, 2.24) is 10.2 Å². The van der Waals surface area contributed by atoms with E-state index in [1.807, 2.05) is 6.07 Å². The van der Waals surface area contributed by atoms with Crippen molar-refractivity contribution in [2.45, 2.75) is 10.1 Å². The maximum Gasteiger partial charge on any atom is 0.264 e. The molecule has 10 heteroatoms. The van der Waals surface area contributed by atoms with Crippen molar-refractivity contribution in [2.75, 3.05) is 11.9 Å². The highest BCUT2D eigenvalue weighted by Gasteiger charge is 2.10. The summed E-state index contributed by atoms with van der Waals surface area (Å²) in [6, 6.07) is 12.1. The van der Waals surface area contributed by atoms with Gasteiger partial charge >= 0.3 is 0 Å². The van der Waals surface area contributed by atoms with E-state index in [4.69, 9.17) is 39.5 Å². The van der Waals surface area contributed by atoms with Crippen molar-refractivity contribution < 1.29 is 9.53 Å². The number of thioether (sulfide) groups is 1. The minimum absolute atomic E-state index is 0.135. The van der Waals surface area contributed by atoms with Crippen LogP contribution in [0.25, 0.3) is 0 Å². The minimum atomic E-state index is -0.321. The third-order valence-corrected chi connectivity index (χ3v) is 6.06. The Labute approximate surface area is 179 Å². The Morgan fingerprint density at radius 3 is 2.56 bits per heavy atom. The van der Waals surface area contributed by atoms with Crippen LogP contribution in [0, 0.1) is 0 Å². The van der Waals surface area contributed by atoms with Gasteiger partial charge in [-0.05, 0) is 42.0 Å². The Balaban J connectivity index is 1.48. The second kappa shape index (κ2) is 9.61. The lowest BCUT2D eigenvalue weighted by Crippen LogP contribution is -2.20. The van der Waals surface area contributed by atoms with Gasteiger partial charge in [0.25, 0.3) is 5.91 Å². The first-order chi connectivity index (χ1) is 13.0. The Morgan fingerprint density at radius 1 is 1.07 bits per heavy atom. The van der Waals surface area contributed by atoms with E-state index in [2.05, 4.69) is 15.5 Å². The molecule has 0 atom stereocenters. The van der Waals surface area contributed by atoms with Crippen LogP contribution in [0.15, 0.2) is 46.8 Å². The summed E-state index contributed by atoms with van der Waals surface area (Å²) < 4.78 is 6.10. The second-order valence-electron chi connectivity index (χ2n) is 5.19. The zero-order chi connectivity index (χ0) is 19.2. The number of anilines is 1. The highest BCUT2D eigenvalue weighted by atomic mass is 35.5. The summed E-state index contributed by atoms with van der Waals surface area (Å²) in [5.41, 5.74) is 0.947. The summed E-state index contributed by atoms with van der Waals surface area (Å²) >= 11 is 20.6. The quantitative estimate of drug-likeness (QED) is 0.356. The van der Waals surface area contributed by atoms with Gasteiger partial charge in [0.05, 0.1) is 0 Å². The van der Waals surface area contributed by atoms with Crippen LogP contribution in [0.1, 0.15) is 5.56 Å². The van der Waals surface area contributed by atoms with Crippen LogP contribution in [-0.2, 0) is 10.5 Å². The molecular formula is C17H12Cl3N3O2S2.